The van der Waals surface area contributed by atoms with Crippen LogP contribution in [0.5, 0.6) is 0 Å². The van der Waals surface area contributed by atoms with Gasteiger partial charge in [0, 0.05) is 11.3 Å². The van der Waals surface area contributed by atoms with E-state index in [0.717, 1.165) is 50.5 Å². The van der Waals surface area contributed by atoms with Gasteiger partial charge in [0.25, 0.3) is 0 Å². The van der Waals surface area contributed by atoms with Gasteiger partial charge < -0.3 is 40.1 Å². The van der Waals surface area contributed by atoms with Crippen molar-refractivity contribution in [1.29, 1.82) is 0 Å². The minimum absolute atomic E-state index is 0.00663. The fourth-order valence-electron chi connectivity index (χ4n) is 11.1. The van der Waals surface area contributed by atoms with Gasteiger partial charge in [0.15, 0.2) is 6.29 Å². The van der Waals surface area contributed by atoms with E-state index in [1.54, 1.807) is 0 Å². The summed E-state index contributed by atoms with van der Waals surface area (Å²) in [6, 6.07) is 0. The van der Waals surface area contributed by atoms with Gasteiger partial charge in [-0.25, -0.2) is 0 Å². The number of aliphatic hydroxyl groups excluding tert-OH is 6. The van der Waals surface area contributed by atoms with Crippen molar-refractivity contribution < 1.29 is 40.1 Å². The van der Waals surface area contributed by atoms with E-state index in [0.29, 0.717) is 11.8 Å². The monoisotopic (exact) mass is 620 g/mol. The van der Waals surface area contributed by atoms with Gasteiger partial charge >= 0.3 is 0 Å². The second-order valence-electron chi connectivity index (χ2n) is 16.8. The Balaban J connectivity index is 1.56. The highest BCUT2D eigenvalue weighted by molar-refractivity contribution is 5.33. The highest BCUT2D eigenvalue weighted by Crippen LogP contribution is 2.75. The quantitative estimate of drug-likeness (QED) is 0.234. The first-order valence-electron chi connectivity index (χ1n) is 17.1. The summed E-state index contributed by atoms with van der Waals surface area (Å²) >= 11 is 0. The lowest BCUT2D eigenvalue weighted by Crippen LogP contribution is -2.65. The van der Waals surface area contributed by atoms with Crippen LogP contribution in [0.2, 0.25) is 0 Å². The molecule has 0 radical (unpaired) electrons. The van der Waals surface area contributed by atoms with E-state index in [4.69, 9.17) is 9.47 Å². The van der Waals surface area contributed by atoms with Crippen molar-refractivity contribution in [3.63, 3.8) is 0 Å². The van der Waals surface area contributed by atoms with Gasteiger partial charge in [0.1, 0.15) is 24.4 Å². The van der Waals surface area contributed by atoms with E-state index in [-0.39, 0.29) is 28.1 Å². The fourth-order valence-corrected chi connectivity index (χ4v) is 11.1. The predicted molar refractivity (Wildman–Crippen MR) is 168 cm³/mol. The average molecular weight is 621 g/mol. The summed E-state index contributed by atoms with van der Waals surface area (Å²) in [6.45, 7) is 17.4. The molecule has 1 saturated heterocycles. The lowest BCUT2D eigenvalue weighted by atomic mass is 9.38. The number of hydrogen-bond acceptors (Lipinski definition) is 8. The molecule has 3 saturated carbocycles. The van der Waals surface area contributed by atoms with Gasteiger partial charge in [-0.2, -0.15) is 0 Å². The molecule has 1 heterocycles. The number of rotatable bonds is 7. The molecule has 8 nitrogen and oxygen atoms in total. The summed E-state index contributed by atoms with van der Waals surface area (Å²) in [6.07, 6.45) is 2.64. The maximum atomic E-state index is 11.1. The zero-order valence-corrected chi connectivity index (χ0v) is 28.2. The first-order chi connectivity index (χ1) is 20.4. The van der Waals surface area contributed by atoms with Gasteiger partial charge in [-0.05, 0) is 92.8 Å². The normalized spacial score (nSPS) is 49.6. The van der Waals surface area contributed by atoms with Crippen LogP contribution in [-0.2, 0) is 9.47 Å². The maximum Gasteiger partial charge on any atom is 0.187 e. The van der Waals surface area contributed by atoms with E-state index < -0.39 is 61.0 Å². The van der Waals surface area contributed by atoms with Crippen LogP contribution in [0, 0.1) is 45.3 Å². The van der Waals surface area contributed by atoms with Crippen molar-refractivity contribution in [2.24, 2.45) is 45.3 Å². The number of ether oxygens (including phenoxy) is 2. The predicted octanol–water partition coefficient (Wildman–Crippen LogP) is 4.10. The lowest BCUT2D eigenvalue weighted by molar-refractivity contribution is -0.322. The molecule has 0 spiro atoms. The summed E-state index contributed by atoms with van der Waals surface area (Å²) in [5.41, 5.74) is 1.62. The molecular weight excluding hydrogens is 560 g/mol. The summed E-state index contributed by atoms with van der Waals surface area (Å²) in [4.78, 5) is 0. The first-order valence-corrected chi connectivity index (χ1v) is 17.1. The Morgan fingerprint density at radius 2 is 1.64 bits per heavy atom. The number of allylic oxidation sites excluding steroid dienone is 1. The molecule has 0 bridgehead atoms. The van der Waals surface area contributed by atoms with E-state index in [1.807, 2.05) is 19.9 Å². The largest absolute Gasteiger partial charge is 0.394 e. The van der Waals surface area contributed by atoms with Crippen LogP contribution in [0.4, 0.5) is 0 Å². The summed E-state index contributed by atoms with van der Waals surface area (Å²) in [5.74, 6) is 1.12. The van der Waals surface area contributed by atoms with Gasteiger partial charge in [0.2, 0.25) is 0 Å². The van der Waals surface area contributed by atoms with Gasteiger partial charge in [-0.3, -0.25) is 0 Å². The zero-order chi connectivity index (χ0) is 32.6. The lowest BCUT2D eigenvalue weighted by Gasteiger charge is -2.67. The Bertz CT molecular complexity index is 1110. The van der Waals surface area contributed by atoms with Crippen molar-refractivity contribution in [3.05, 3.63) is 23.3 Å². The second-order valence-corrected chi connectivity index (χ2v) is 16.8. The second kappa shape index (κ2) is 12.0. The van der Waals surface area contributed by atoms with Crippen LogP contribution >= 0.6 is 0 Å². The van der Waals surface area contributed by atoms with Crippen LogP contribution in [0.25, 0.3) is 0 Å². The van der Waals surface area contributed by atoms with Crippen LogP contribution < -0.4 is 0 Å². The molecule has 6 N–H and O–H groups in total. The molecule has 5 aliphatic rings. The average Bonchev–Trinajstić information content (AvgIpc) is 3.21. The maximum absolute atomic E-state index is 11.1. The molecule has 15 atom stereocenters. The number of fused-ring (bicyclic) bond motifs is 5. The van der Waals surface area contributed by atoms with Gasteiger partial charge in [-0.1, -0.05) is 64.8 Å². The highest BCUT2D eigenvalue weighted by atomic mass is 16.7. The molecule has 0 amide bonds. The summed E-state index contributed by atoms with van der Waals surface area (Å²) in [5, 5.41) is 63.9. The van der Waals surface area contributed by atoms with Crippen molar-refractivity contribution >= 4 is 0 Å². The third-order valence-corrected chi connectivity index (χ3v) is 13.8. The van der Waals surface area contributed by atoms with Crippen molar-refractivity contribution in [2.45, 2.75) is 149 Å². The van der Waals surface area contributed by atoms with Crippen LogP contribution in [-0.4, -0.2) is 86.3 Å². The van der Waals surface area contributed by atoms with Crippen LogP contribution in [0.15, 0.2) is 23.3 Å². The van der Waals surface area contributed by atoms with Crippen molar-refractivity contribution in [2.75, 3.05) is 6.61 Å². The first kappa shape index (κ1) is 34.5. The van der Waals surface area contributed by atoms with E-state index in [1.165, 1.54) is 5.57 Å². The van der Waals surface area contributed by atoms with E-state index in [9.17, 15) is 30.6 Å². The smallest absolute Gasteiger partial charge is 0.187 e. The third kappa shape index (κ3) is 5.28. The molecule has 0 aromatic carbocycles. The molecule has 5 rings (SSSR count). The standard InChI is InChI=1S/C36H60O8/c1-19(2)15-21(38)16-20(3)22-11-12-36(8)31-25(43-32-30(42)29(41)28(40)26(18-37)44-32)17-24-23(9-10-27(39)33(24,4)5)34(31,6)13-14-35(22,36)7/h15,17,20-23,25-32,37-42H,9-14,16,18H2,1-8H3/t20-,21?,22-,23-,25?,26-,27?,28-,29+,30-,31-,32-,34+,35-,36+/m1/s1. The molecule has 44 heavy (non-hydrogen) atoms. The Kier molecular flexibility index (Phi) is 9.40. The Morgan fingerprint density at radius 1 is 0.955 bits per heavy atom. The van der Waals surface area contributed by atoms with E-state index >= 15 is 0 Å². The molecule has 0 aromatic heterocycles. The Labute approximate surface area is 264 Å². The molecule has 252 valence electrons. The number of aliphatic hydroxyl groups is 6. The molecule has 8 heteroatoms. The fraction of sp³-hybridized carbons (Fsp3) is 0.889. The Morgan fingerprint density at radius 3 is 2.27 bits per heavy atom. The third-order valence-electron chi connectivity index (χ3n) is 13.8. The molecular formula is C36H60O8. The topological polar surface area (TPSA) is 140 Å². The summed E-state index contributed by atoms with van der Waals surface area (Å²) < 4.78 is 12.7. The minimum Gasteiger partial charge on any atom is -0.394 e. The molecule has 1 aliphatic heterocycles. The van der Waals surface area contributed by atoms with Crippen molar-refractivity contribution in [3.8, 4) is 0 Å². The molecule has 4 fully saturated rings. The molecule has 4 aliphatic carbocycles. The van der Waals surface area contributed by atoms with Gasteiger partial charge in [0.05, 0.1) is 24.9 Å². The van der Waals surface area contributed by atoms with Crippen LogP contribution in [0.3, 0.4) is 0 Å². The van der Waals surface area contributed by atoms with Crippen molar-refractivity contribution in [1.82, 2.24) is 0 Å². The van der Waals surface area contributed by atoms with Crippen LogP contribution in [0.1, 0.15) is 100 Å². The summed E-state index contributed by atoms with van der Waals surface area (Å²) in [7, 11) is 0. The Hall–Kier alpha value is -0.840. The SMILES string of the molecule is CC(C)=CC(O)C[C@@H](C)[C@H]1CC[C@@]2(C)[C@@H]3C(O[C@@H]4O[C@H](CO)[C@@H](O)[C@H](O)[C@H]4O)C=C4[C@@H](CCC(O)C4(C)C)[C@]3(C)CC[C@]12C. The van der Waals surface area contributed by atoms with Gasteiger partial charge in [-0.15, -0.1) is 0 Å². The number of hydrogen-bond donors (Lipinski definition) is 6. The van der Waals surface area contributed by atoms with E-state index in [2.05, 4.69) is 47.6 Å². The molecule has 0 aromatic rings. The molecule has 3 unspecified atom stereocenters. The zero-order valence-electron chi connectivity index (χ0n) is 28.2. The minimum atomic E-state index is -1.51. The highest BCUT2D eigenvalue weighted by Gasteiger charge is 2.70.